The lowest BCUT2D eigenvalue weighted by atomic mass is 9.83. The van der Waals surface area contributed by atoms with Crippen LogP contribution in [-0.4, -0.2) is 5.11 Å². The van der Waals surface area contributed by atoms with E-state index < -0.39 is 0 Å². The van der Waals surface area contributed by atoms with Crippen LogP contribution in [0.5, 0.6) is 0 Å². The van der Waals surface area contributed by atoms with E-state index in [0.29, 0.717) is 5.92 Å². The van der Waals surface area contributed by atoms with Gasteiger partial charge in [-0.2, -0.15) is 0 Å². The molecule has 2 fully saturated rings. The first-order chi connectivity index (χ1) is 10.2. The number of rotatable bonds is 3. The van der Waals surface area contributed by atoms with Gasteiger partial charge in [0.05, 0.1) is 6.10 Å². The minimum Gasteiger partial charge on any atom is -0.388 e. The first-order valence-electron chi connectivity index (χ1n) is 8.07. The summed E-state index contributed by atoms with van der Waals surface area (Å²) in [5.74, 6) is 2.52. The third-order valence-corrected chi connectivity index (χ3v) is 6.00. The highest BCUT2D eigenvalue weighted by atomic mass is 35.5. The molecular weight excluding hydrogens is 280 g/mol. The smallest absolute Gasteiger partial charge is 0.0798 e. The molecule has 4 rings (SSSR count). The standard InChI is InChI=1S/C19H21ClO/c20-18-8-7-17(15-3-1-2-4-16(15)18)19(21)11-14-10-12-5-6-13(14)9-12/h1-4,7-8,12-14,19,21H,5-6,9-11H2. The van der Waals surface area contributed by atoms with E-state index in [-0.39, 0.29) is 6.10 Å². The summed E-state index contributed by atoms with van der Waals surface area (Å²) >= 11 is 6.27. The summed E-state index contributed by atoms with van der Waals surface area (Å²) < 4.78 is 0. The Morgan fingerprint density at radius 2 is 1.86 bits per heavy atom. The Morgan fingerprint density at radius 3 is 2.57 bits per heavy atom. The number of benzene rings is 2. The van der Waals surface area contributed by atoms with Crippen LogP contribution in [0.4, 0.5) is 0 Å². The lowest BCUT2D eigenvalue weighted by molar-refractivity contribution is 0.127. The maximum Gasteiger partial charge on any atom is 0.0798 e. The molecule has 2 aromatic rings. The van der Waals surface area contributed by atoms with Crippen LogP contribution in [0.1, 0.15) is 43.8 Å². The predicted octanol–water partition coefficient (Wildman–Crippen LogP) is 5.35. The average Bonchev–Trinajstić information content (AvgIpc) is 3.10. The molecule has 4 atom stereocenters. The molecule has 0 spiro atoms. The molecular formula is C19H21ClO. The van der Waals surface area contributed by atoms with Crippen molar-refractivity contribution in [1.29, 1.82) is 0 Å². The molecule has 1 N–H and O–H groups in total. The molecule has 2 heteroatoms. The lowest BCUT2D eigenvalue weighted by Gasteiger charge is -2.25. The number of halogens is 1. The van der Waals surface area contributed by atoms with Crippen molar-refractivity contribution in [2.45, 2.75) is 38.2 Å². The second-order valence-corrected chi connectivity index (χ2v) is 7.28. The molecule has 110 valence electrons. The van der Waals surface area contributed by atoms with Crippen molar-refractivity contribution in [2.75, 3.05) is 0 Å². The van der Waals surface area contributed by atoms with Crippen LogP contribution in [0.25, 0.3) is 10.8 Å². The van der Waals surface area contributed by atoms with Crippen LogP contribution in [0.15, 0.2) is 36.4 Å². The van der Waals surface area contributed by atoms with Gasteiger partial charge in [-0.3, -0.25) is 0 Å². The van der Waals surface area contributed by atoms with Crippen molar-refractivity contribution in [1.82, 2.24) is 0 Å². The molecule has 2 saturated carbocycles. The fourth-order valence-corrected chi connectivity index (χ4v) is 4.88. The van der Waals surface area contributed by atoms with Gasteiger partial charge in [0.15, 0.2) is 0 Å². The normalized spacial score (nSPS) is 29.1. The molecule has 2 aromatic carbocycles. The van der Waals surface area contributed by atoms with Crippen LogP contribution >= 0.6 is 11.6 Å². The van der Waals surface area contributed by atoms with Crippen LogP contribution in [0, 0.1) is 17.8 Å². The van der Waals surface area contributed by atoms with E-state index in [1.165, 1.54) is 25.7 Å². The Kier molecular flexibility index (Phi) is 3.43. The highest BCUT2D eigenvalue weighted by Gasteiger charge is 2.40. The second-order valence-electron chi connectivity index (χ2n) is 6.87. The fourth-order valence-electron chi connectivity index (χ4n) is 4.66. The summed E-state index contributed by atoms with van der Waals surface area (Å²) in [5.41, 5.74) is 1.04. The van der Waals surface area contributed by atoms with Gasteiger partial charge in [0.1, 0.15) is 0 Å². The summed E-state index contributed by atoms with van der Waals surface area (Å²) in [6.07, 6.45) is 6.07. The largest absolute Gasteiger partial charge is 0.388 e. The van der Waals surface area contributed by atoms with Gasteiger partial charge in [0.2, 0.25) is 0 Å². The van der Waals surface area contributed by atoms with E-state index in [1.54, 1.807) is 0 Å². The van der Waals surface area contributed by atoms with Crippen molar-refractivity contribution >= 4 is 22.4 Å². The van der Waals surface area contributed by atoms with Gasteiger partial charge in [-0.15, -0.1) is 0 Å². The Bertz CT molecular complexity index is 666. The molecule has 0 radical (unpaired) electrons. The topological polar surface area (TPSA) is 20.2 Å². The Labute approximate surface area is 130 Å². The quantitative estimate of drug-likeness (QED) is 0.810. The summed E-state index contributed by atoms with van der Waals surface area (Å²) in [4.78, 5) is 0. The van der Waals surface area contributed by atoms with Crippen molar-refractivity contribution in [3.05, 3.63) is 47.0 Å². The summed E-state index contributed by atoms with van der Waals surface area (Å²) in [5, 5.41) is 13.7. The zero-order valence-electron chi connectivity index (χ0n) is 12.1. The van der Waals surface area contributed by atoms with Crippen molar-refractivity contribution < 1.29 is 5.11 Å². The maximum atomic E-state index is 10.8. The molecule has 2 aliphatic carbocycles. The van der Waals surface area contributed by atoms with Crippen LogP contribution in [0.3, 0.4) is 0 Å². The zero-order valence-corrected chi connectivity index (χ0v) is 12.9. The van der Waals surface area contributed by atoms with E-state index >= 15 is 0 Å². The molecule has 0 aromatic heterocycles. The van der Waals surface area contributed by atoms with E-state index in [0.717, 1.165) is 39.6 Å². The van der Waals surface area contributed by atoms with E-state index in [9.17, 15) is 5.11 Å². The lowest BCUT2D eigenvalue weighted by Crippen LogP contribution is -2.14. The first-order valence-corrected chi connectivity index (χ1v) is 8.45. The minimum absolute atomic E-state index is 0.364. The van der Waals surface area contributed by atoms with Gasteiger partial charge in [0, 0.05) is 10.4 Å². The summed E-state index contributed by atoms with van der Waals surface area (Å²) in [6.45, 7) is 0. The fraction of sp³-hybridized carbons (Fsp3) is 0.474. The van der Waals surface area contributed by atoms with E-state index in [4.69, 9.17) is 11.6 Å². The monoisotopic (exact) mass is 300 g/mol. The number of aliphatic hydroxyl groups is 1. The Morgan fingerprint density at radius 1 is 1.05 bits per heavy atom. The van der Waals surface area contributed by atoms with Gasteiger partial charge in [-0.25, -0.2) is 0 Å². The highest BCUT2D eigenvalue weighted by molar-refractivity contribution is 6.35. The van der Waals surface area contributed by atoms with Crippen molar-refractivity contribution in [2.24, 2.45) is 17.8 Å². The van der Waals surface area contributed by atoms with Gasteiger partial charge >= 0.3 is 0 Å². The van der Waals surface area contributed by atoms with E-state index in [1.807, 2.05) is 30.3 Å². The van der Waals surface area contributed by atoms with Gasteiger partial charge < -0.3 is 5.11 Å². The molecule has 0 aliphatic heterocycles. The van der Waals surface area contributed by atoms with E-state index in [2.05, 4.69) is 6.07 Å². The van der Waals surface area contributed by atoms with Crippen LogP contribution in [-0.2, 0) is 0 Å². The van der Waals surface area contributed by atoms with Gasteiger partial charge in [0.25, 0.3) is 0 Å². The van der Waals surface area contributed by atoms with Gasteiger partial charge in [-0.05, 0) is 60.5 Å². The molecule has 21 heavy (non-hydrogen) atoms. The highest BCUT2D eigenvalue weighted by Crippen LogP contribution is 2.51. The van der Waals surface area contributed by atoms with Crippen LogP contribution < -0.4 is 0 Å². The number of hydrogen-bond donors (Lipinski definition) is 1. The molecule has 2 aliphatic rings. The zero-order chi connectivity index (χ0) is 14.4. The van der Waals surface area contributed by atoms with Crippen molar-refractivity contribution in [3.8, 4) is 0 Å². The molecule has 0 amide bonds. The van der Waals surface area contributed by atoms with Crippen LogP contribution in [0.2, 0.25) is 5.02 Å². The Balaban J connectivity index is 1.62. The molecule has 4 unspecified atom stereocenters. The SMILES string of the molecule is OC(CC1CC2CCC1C2)c1ccc(Cl)c2ccccc12. The Hall–Kier alpha value is -1.05. The molecule has 2 bridgehead atoms. The average molecular weight is 301 g/mol. The number of fused-ring (bicyclic) bond motifs is 3. The molecule has 0 saturated heterocycles. The third-order valence-electron chi connectivity index (χ3n) is 5.67. The third kappa shape index (κ3) is 2.37. The first kappa shape index (κ1) is 13.6. The van der Waals surface area contributed by atoms with Crippen molar-refractivity contribution in [3.63, 3.8) is 0 Å². The molecule has 0 heterocycles. The summed E-state index contributed by atoms with van der Waals surface area (Å²) in [6, 6.07) is 12.0. The predicted molar refractivity (Wildman–Crippen MR) is 87.5 cm³/mol. The second kappa shape index (κ2) is 5.30. The van der Waals surface area contributed by atoms with Gasteiger partial charge in [-0.1, -0.05) is 48.4 Å². The number of hydrogen-bond acceptors (Lipinski definition) is 1. The summed E-state index contributed by atoms with van der Waals surface area (Å²) in [7, 11) is 0. The molecule has 1 nitrogen and oxygen atoms in total. The maximum absolute atomic E-state index is 10.8. The number of aliphatic hydroxyl groups excluding tert-OH is 1. The minimum atomic E-state index is -0.364.